The van der Waals surface area contributed by atoms with Crippen LogP contribution in [0.3, 0.4) is 0 Å². The first-order chi connectivity index (χ1) is 10.8. The van der Waals surface area contributed by atoms with Gasteiger partial charge >= 0.3 is 0 Å². The molecular formula is C17H20ClN5. The second kappa shape index (κ2) is 6.64. The highest BCUT2D eigenvalue weighted by Gasteiger charge is 2.18. The van der Waals surface area contributed by atoms with Crippen molar-refractivity contribution in [2.75, 3.05) is 13.1 Å². The third-order valence-corrected chi connectivity index (χ3v) is 4.43. The van der Waals surface area contributed by atoms with Crippen molar-refractivity contribution in [1.82, 2.24) is 25.1 Å². The lowest BCUT2D eigenvalue weighted by molar-refractivity contribution is 0.462. The topological polar surface area (TPSA) is 55.6 Å². The van der Waals surface area contributed by atoms with Crippen LogP contribution in [-0.4, -0.2) is 32.8 Å². The minimum Gasteiger partial charge on any atom is -0.317 e. The van der Waals surface area contributed by atoms with Gasteiger partial charge in [-0.1, -0.05) is 0 Å². The predicted molar refractivity (Wildman–Crippen MR) is 93.8 cm³/mol. The van der Waals surface area contributed by atoms with Crippen LogP contribution in [0, 0.1) is 0 Å². The second-order valence-electron chi connectivity index (χ2n) is 5.92. The Hall–Kier alpha value is -1.98. The molecule has 0 amide bonds. The molecule has 1 fully saturated rings. The lowest BCUT2D eigenvalue weighted by Crippen LogP contribution is -2.26. The molecule has 0 aromatic carbocycles. The number of hydrogen-bond acceptors (Lipinski definition) is 4. The number of nitrogens with one attached hydrogen (secondary N) is 1. The Balaban J connectivity index is 0.00000156. The van der Waals surface area contributed by atoms with Crippen LogP contribution in [-0.2, 0) is 7.05 Å². The molecule has 0 saturated carbocycles. The van der Waals surface area contributed by atoms with E-state index in [4.69, 9.17) is 4.98 Å². The molecule has 5 nitrogen and oxygen atoms in total. The molecule has 4 heterocycles. The maximum absolute atomic E-state index is 4.72. The molecule has 3 aromatic heterocycles. The average molecular weight is 330 g/mol. The lowest BCUT2D eigenvalue weighted by atomic mass is 9.89. The third kappa shape index (κ3) is 3.07. The Morgan fingerprint density at radius 1 is 1.13 bits per heavy atom. The zero-order chi connectivity index (χ0) is 14.9. The monoisotopic (exact) mass is 329 g/mol. The third-order valence-electron chi connectivity index (χ3n) is 4.43. The quantitative estimate of drug-likeness (QED) is 0.785. The maximum atomic E-state index is 4.72. The van der Waals surface area contributed by atoms with E-state index in [2.05, 4.69) is 27.5 Å². The number of pyridine rings is 2. The van der Waals surface area contributed by atoms with Crippen LogP contribution in [0.4, 0.5) is 0 Å². The number of aromatic nitrogens is 4. The predicted octanol–water partition coefficient (Wildman–Crippen LogP) is 2.92. The molecular weight excluding hydrogens is 310 g/mol. The van der Waals surface area contributed by atoms with Gasteiger partial charge in [0.25, 0.3) is 0 Å². The van der Waals surface area contributed by atoms with Gasteiger partial charge in [-0.15, -0.1) is 12.4 Å². The second-order valence-corrected chi connectivity index (χ2v) is 5.92. The van der Waals surface area contributed by atoms with Gasteiger partial charge in [-0.2, -0.15) is 5.10 Å². The van der Waals surface area contributed by atoms with Crippen molar-refractivity contribution in [1.29, 1.82) is 0 Å². The zero-order valence-electron chi connectivity index (χ0n) is 13.1. The molecule has 120 valence electrons. The number of rotatable bonds is 2. The van der Waals surface area contributed by atoms with Crippen molar-refractivity contribution in [2.24, 2.45) is 7.05 Å². The van der Waals surface area contributed by atoms with Crippen LogP contribution >= 0.6 is 12.4 Å². The van der Waals surface area contributed by atoms with Crippen LogP contribution in [0.15, 0.2) is 36.9 Å². The first kappa shape index (κ1) is 15.9. The number of aryl methyl sites for hydroxylation is 1. The lowest BCUT2D eigenvalue weighted by Gasteiger charge is -2.23. The summed E-state index contributed by atoms with van der Waals surface area (Å²) in [5, 5.41) is 7.65. The van der Waals surface area contributed by atoms with Gasteiger partial charge in [0.05, 0.1) is 17.2 Å². The van der Waals surface area contributed by atoms with Gasteiger partial charge in [-0.05, 0) is 49.5 Å². The number of halogens is 1. The van der Waals surface area contributed by atoms with E-state index >= 15 is 0 Å². The van der Waals surface area contributed by atoms with Gasteiger partial charge in [0.1, 0.15) is 0 Å². The van der Waals surface area contributed by atoms with Crippen molar-refractivity contribution >= 4 is 23.4 Å². The highest BCUT2D eigenvalue weighted by atomic mass is 35.5. The Kier molecular flexibility index (Phi) is 4.59. The van der Waals surface area contributed by atoms with Gasteiger partial charge in [-0.3, -0.25) is 14.6 Å². The van der Waals surface area contributed by atoms with E-state index in [1.807, 2.05) is 31.8 Å². The van der Waals surface area contributed by atoms with Gasteiger partial charge in [0.15, 0.2) is 0 Å². The standard InChI is InChI=1S/C17H19N5.ClH/c1-22-11-14(10-21-22)13-8-16-17(20-9-13)15(4-7-19-16)12-2-5-18-6-3-12;/h4,7-12,18H,2-3,5-6H2,1H3;1H. The van der Waals surface area contributed by atoms with Gasteiger partial charge < -0.3 is 5.32 Å². The summed E-state index contributed by atoms with van der Waals surface area (Å²) in [7, 11) is 1.92. The van der Waals surface area contributed by atoms with Gasteiger partial charge in [-0.25, -0.2) is 0 Å². The summed E-state index contributed by atoms with van der Waals surface area (Å²) in [6.07, 6.45) is 10.1. The molecule has 0 atom stereocenters. The Bertz CT molecular complexity index is 808. The molecule has 0 spiro atoms. The SMILES string of the molecule is Cl.Cn1cc(-c2cnc3c(C4CCNCC4)ccnc3c2)cn1. The molecule has 23 heavy (non-hydrogen) atoms. The summed E-state index contributed by atoms with van der Waals surface area (Å²) in [5.41, 5.74) is 5.49. The van der Waals surface area contributed by atoms with E-state index in [-0.39, 0.29) is 12.4 Å². The summed E-state index contributed by atoms with van der Waals surface area (Å²) in [6, 6.07) is 4.25. The summed E-state index contributed by atoms with van der Waals surface area (Å²) >= 11 is 0. The highest BCUT2D eigenvalue weighted by molar-refractivity contribution is 5.85. The largest absolute Gasteiger partial charge is 0.317 e. The van der Waals surface area contributed by atoms with E-state index in [0.717, 1.165) is 35.2 Å². The summed E-state index contributed by atoms with van der Waals surface area (Å²) in [6.45, 7) is 2.17. The summed E-state index contributed by atoms with van der Waals surface area (Å²) in [4.78, 5) is 9.25. The Morgan fingerprint density at radius 2 is 1.96 bits per heavy atom. The molecule has 3 aromatic rings. The molecule has 1 saturated heterocycles. The minimum atomic E-state index is 0. The molecule has 0 radical (unpaired) electrons. The summed E-state index contributed by atoms with van der Waals surface area (Å²) in [5.74, 6) is 0.587. The van der Waals surface area contributed by atoms with Crippen molar-refractivity contribution in [2.45, 2.75) is 18.8 Å². The fourth-order valence-electron chi connectivity index (χ4n) is 3.24. The zero-order valence-corrected chi connectivity index (χ0v) is 13.9. The molecule has 1 N–H and O–H groups in total. The van der Waals surface area contributed by atoms with Gasteiger partial charge in [0, 0.05) is 36.8 Å². The smallest absolute Gasteiger partial charge is 0.0921 e. The van der Waals surface area contributed by atoms with E-state index in [1.165, 1.54) is 18.4 Å². The first-order valence-electron chi connectivity index (χ1n) is 7.75. The normalized spacial score (nSPS) is 15.5. The molecule has 6 heteroatoms. The van der Waals surface area contributed by atoms with E-state index in [0.29, 0.717) is 5.92 Å². The van der Waals surface area contributed by atoms with Crippen molar-refractivity contribution in [3.05, 3.63) is 42.5 Å². The Labute approximate surface area is 141 Å². The first-order valence-corrected chi connectivity index (χ1v) is 7.75. The molecule has 1 aliphatic heterocycles. The fraction of sp³-hybridized carbons (Fsp3) is 0.353. The van der Waals surface area contributed by atoms with Crippen molar-refractivity contribution < 1.29 is 0 Å². The van der Waals surface area contributed by atoms with Crippen molar-refractivity contribution in [3.8, 4) is 11.1 Å². The number of fused-ring (bicyclic) bond motifs is 1. The average Bonchev–Trinajstić information content (AvgIpc) is 3.01. The van der Waals surface area contributed by atoms with Gasteiger partial charge in [0.2, 0.25) is 0 Å². The summed E-state index contributed by atoms with van der Waals surface area (Å²) < 4.78 is 1.80. The molecule has 4 rings (SSSR count). The van der Waals surface area contributed by atoms with Crippen LogP contribution in [0.5, 0.6) is 0 Å². The van der Waals surface area contributed by atoms with Crippen molar-refractivity contribution in [3.63, 3.8) is 0 Å². The number of nitrogens with zero attached hydrogens (tertiary/aromatic N) is 4. The highest BCUT2D eigenvalue weighted by Crippen LogP contribution is 2.30. The molecule has 0 aliphatic carbocycles. The minimum absolute atomic E-state index is 0. The van der Waals surface area contributed by atoms with Crippen LogP contribution in [0.1, 0.15) is 24.3 Å². The molecule has 0 unspecified atom stereocenters. The number of piperidine rings is 1. The Morgan fingerprint density at radius 3 is 2.70 bits per heavy atom. The van der Waals surface area contributed by atoms with E-state index in [1.54, 1.807) is 4.68 Å². The fourth-order valence-corrected chi connectivity index (χ4v) is 3.24. The van der Waals surface area contributed by atoms with Crippen LogP contribution < -0.4 is 5.32 Å². The maximum Gasteiger partial charge on any atom is 0.0921 e. The molecule has 0 bridgehead atoms. The van der Waals surface area contributed by atoms with E-state index in [9.17, 15) is 0 Å². The van der Waals surface area contributed by atoms with Crippen LogP contribution in [0.2, 0.25) is 0 Å². The van der Waals surface area contributed by atoms with E-state index < -0.39 is 0 Å². The van der Waals surface area contributed by atoms with Crippen LogP contribution in [0.25, 0.3) is 22.2 Å². The number of hydrogen-bond donors (Lipinski definition) is 1. The molecule has 1 aliphatic rings.